The molecule has 1 unspecified atom stereocenters. The molecule has 1 aliphatic heterocycles. The number of nitrogens with zero attached hydrogens (tertiary/aromatic N) is 2. The average molecular weight is 238 g/mol. The maximum atomic E-state index is 11.7. The Hall–Kier alpha value is -1.40. The molecule has 2 rings (SSSR count). The quantitative estimate of drug-likeness (QED) is 0.736. The number of carbonyl (C=O) groups is 1. The van der Waals surface area contributed by atoms with Crippen molar-refractivity contribution in [2.24, 2.45) is 7.05 Å². The van der Waals surface area contributed by atoms with Gasteiger partial charge in [-0.2, -0.15) is 0 Å². The van der Waals surface area contributed by atoms with Crippen LogP contribution < -0.4 is 10.6 Å². The fourth-order valence-corrected chi connectivity index (χ4v) is 1.79. The number of hydrogen-bond donors (Lipinski definition) is 2. The van der Waals surface area contributed by atoms with Gasteiger partial charge in [0, 0.05) is 38.4 Å². The van der Waals surface area contributed by atoms with Crippen molar-refractivity contribution in [3.05, 3.63) is 18.2 Å². The van der Waals surface area contributed by atoms with Gasteiger partial charge in [0.2, 0.25) is 5.91 Å². The zero-order valence-electron chi connectivity index (χ0n) is 9.98. The lowest BCUT2D eigenvalue weighted by atomic mass is 10.2. The molecule has 0 radical (unpaired) electrons. The summed E-state index contributed by atoms with van der Waals surface area (Å²) in [5, 5.41) is 6.10. The normalized spacial score (nSPS) is 20.2. The third-order valence-electron chi connectivity index (χ3n) is 2.79. The van der Waals surface area contributed by atoms with Crippen molar-refractivity contribution in [3.63, 3.8) is 0 Å². The molecule has 0 aromatic carbocycles. The van der Waals surface area contributed by atoms with E-state index in [1.807, 2.05) is 17.8 Å². The maximum Gasteiger partial charge on any atom is 0.222 e. The van der Waals surface area contributed by atoms with E-state index < -0.39 is 0 Å². The molecule has 0 bridgehead atoms. The van der Waals surface area contributed by atoms with E-state index in [1.54, 1.807) is 6.20 Å². The van der Waals surface area contributed by atoms with E-state index in [2.05, 4.69) is 15.6 Å². The number of rotatable bonds is 4. The Labute approximate surface area is 100 Å². The van der Waals surface area contributed by atoms with Gasteiger partial charge in [-0.05, 0) is 0 Å². The maximum absolute atomic E-state index is 11.7. The number of hydrogen-bond acceptors (Lipinski definition) is 4. The summed E-state index contributed by atoms with van der Waals surface area (Å²) in [6, 6.07) is 0.130. The van der Waals surface area contributed by atoms with Crippen molar-refractivity contribution in [1.82, 2.24) is 20.2 Å². The van der Waals surface area contributed by atoms with Gasteiger partial charge < -0.3 is 19.9 Å². The minimum atomic E-state index is 0.0241. The number of carbonyl (C=O) groups excluding carboxylic acids is 1. The third-order valence-corrected chi connectivity index (χ3v) is 2.79. The molecule has 17 heavy (non-hydrogen) atoms. The number of imidazole rings is 1. The van der Waals surface area contributed by atoms with E-state index in [1.165, 1.54) is 0 Å². The Kier molecular flexibility index (Phi) is 4.11. The third kappa shape index (κ3) is 3.54. The van der Waals surface area contributed by atoms with Gasteiger partial charge in [0.25, 0.3) is 0 Å². The molecule has 1 fully saturated rings. The van der Waals surface area contributed by atoms with Crippen LogP contribution >= 0.6 is 0 Å². The van der Waals surface area contributed by atoms with E-state index >= 15 is 0 Å². The first-order valence-corrected chi connectivity index (χ1v) is 5.80. The van der Waals surface area contributed by atoms with Crippen LogP contribution in [0.15, 0.2) is 12.4 Å². The van der Waals surface area contributed by atoms with Crippen LogP contribution in [0.3, 0.4) is 0 Å². The van der Waals surface area contributed by atoms with Gasteiger partial charge in [-0.1, -0.05) is 0 Å². The Morgan fingerprint density at radius 3 is 3.29 bits per heavy atom. The second-order valence-electron chi connectivity index (χ2n) is 4.16. The molecule has 0 spiro atoms. The molecule has 1 aliphatic rings. The number of nitrogens with one attached hydrogen (secondary N) is 2. The molecule has 1 amide bonds. The van der Waals surface area contributed by atoms with Gasteiger partial charge in [0.1, 0.15) is 5.82 Å². The van der Waals surface area contributed by atoms with Crippen LogP contribution in [0.1, 0.15) is 12.2 Å². The first kappa shape index (κ1) is 12.1. The predicted molar refractivity (Wildman–Crippen MR) is 62.3 cm³/mol. The lowest BCUT2D eigenvalue weighted by Gasteiger charge is -2.23. The standard InChI is InChI=1S/C11H18N4O2/c1-15-4-2-13-10(15)7-14-11(16)6-9-8-17-5-3-12-9/h2,4,9,12H,3,5-8H2,1H3,(H,14,16). The zero-order valence-corrected chi connectivity index (χ0v) is 9.98. The van der Waals surface area contributed by atoms with Gasteiger partial charge in [-0.15, -0.1) is 0 Å². The highest BCUT2D eigenvalue weighted by molar-refractivity contribution is 5.76. The van der Waals surface area contributed by atoms with Crippen LogP contribution in [0.2, 0.25) is 0 Å². The molecule has 0 saturated carbocycles. The smallest absolute Gasteiger partial charge is 0.222 e. The molecule has 2 heterocycles. The minimum absolute atomic E-state index is 0.0241. The molecule has 1 aromatic rings. The molecule has 0 aliphatic carbocycles. The Morgan fingerprint density at radius 2 is 2.65 bits per heavy atom. The van der Waals surface area contributed by atoms with E-state index in [0.29, 0.717) is 19.6 Å². The summed E-state index contributed by atoms with van der Waals surface area (Å²) in [7, 11) is 1.91. The molecular formula is C11H18N4O2. The second-order valence-corrected chi connectivity index (χ2v) is 4.16. The fourth-order valence-electron chi connectivity index (χ4n) is 1.79. The van der Waals surface area contributed by atoms with Crippen molar-refractivity contribution in [3.8, 4) is 0 Å². The van der Waals surface area contributed by atoms with Crippen LogP contribution in [-0.2, 0) is 23.1 Å². The number of ether oxygens (including phenoxy) is 1. The highest BCUT2D eigenvalue weighted by atomic mass is 16.5. The highest BCUT2D eigenvalue weighted by Crippen LogP contribution is 1.99. The van der Waals surface area contributed by atoms with Crippen LogP contribution in [0, 0.1) is 0 Å². The minimum Gasteiger partial charge on any atom is -0.378 e. The lowest BCUT2D eigenvalue weighted by Crippen LogP contribution is -2.44. The van der Waals surface area contributed by atoms with Crippen molar-refractivity contribution in [1.29, 1.82) is 0 Å². The topological polar surface area (TPSA) is 68.2 Å². The van der Waals surface area contributed by atoms with Crippen LogP contribution in [0.25, 0.3) is 0 Å². The molecule has 6 nitrogen and oxygen atoms in total. The number of morpholine rings is 1. The molecule has 1 aromatic heterocycles. The zero-order chi connectivity index (χ0) is 12.1. The van der Waals surface area contributed by atoms with Crippen molar-refractivity contribution >= 4 is 5.91 Å². The Balaban J connectivity index is 1.72. The predicted octanol–water partition coefficient (Wildman–Crippen LogP) is -0.585. The first-order chi connectivity index (χ1) is 8.25. The van der Waals surface area contributed by atoms with E-state index in [9.17, 15) is 4.79 Å². The van der Waals surface area contributed by atoms with Crippen molar-refractivity contribution in [2.45, 2.75) is 19.0 Å². The van der Waals surface area contributed by atoms with Crippen molar-refractivity contribution < 1.29 is 9.53 Å². The summed E-state index contributed by atoms with van der Waals surface area (Å²) in [5.41, 5.74) is 0. The molecule has 1 atom stereocenters. The summed E-state index contributed by atoms with van der Waals surface area (Å²) < 4.78 is 7.18. The number of amides is 1. The second kappa shape index (κ2) is 5.79. The fraction of sp³-hybridized carbons (Fsp3) is 0.636. The molecule has 2 N–H and O–H groups in total. The lowest BCUT2D eigenvalue weighted by molar-refractivity contribution is -0.122. The number of aryl methyl sites for hydroxylation is 1. The molecule has 1 saturated heterocycles. The number of aromatic nitrogens is 2. The van der Waals surface area contributed by atoms with Crippen LogP contribution in [-0.4, -0.2) is 41.3 Å². The summed E-state index contributed by atoms with van der Waals surface area (Å²) in [6.07, 6.45) is 4.03. The molecule has 6 heteroatoms. The van der Waals surface area contributed by atoms with Gasteiger partial charge in [0.15, 0.2) is 0 Å². The summed E-state index contributed by atoms with van der Waals surface area (Å²) in [4.78, 5) is 15.8. The van der Waals surface area contributed by atoms with Crippen LogP contribution in [0.4, 0.5) is 0 Å². The molecular weight excluding hydrogens is 220 g/mol. The first-order valence-electron chi connectivity index (χ1n) is 5.80. The summed E-state index contributed by atoms with van der Waals surface area (Å²) in [6.45, 7) is 2.62. The largest absolute Gasteiger partial charge is 0.378 e. The van der Waals surface area contributed by atoms with E-state index in [-0.39, 0.29) is 11.9 Å². The van der Waals surface area contributed by atoms with Gasteiger partial charge >= 0.3 is 0 Å². The summed E-state index contributed by atoms with van der Waals surface area (Å²) in [5.74, 6) is 0.877. The van der Waals surface area contributed by atoms with Gasteiger partial charge in [-0.3, -0.25) is 4.79 Å². The van der Waals surface area contributed by atoms with Crippen molar-refractivity contribution in [2.75, 3.05) is 19.8 Å². The Bertz CT molecular complexity index is 371. The van der Waals surface area contributed by atoms with Gasteiger partial charge in [-0.25, -0.2) is 4.98 Å². The SMILES string of the molecule is Cn1ccnc1CNC(=O)CC1COCCN1. The monoisotopic (exact) mass is 238 g/mol. The summed E-state index contributed by atoms with van der Waals surface area (Å²) >= 11 is 0. The van der Waals surface area contributed by atoms with E-state index in [0.717, 1.165) is 19.0 Å². The molecule has 94 valence electrons. The van der Waals surface area contributed by atoms with E-state index in [4.69, 9.17) is 4.74 Å². The van der Waals surface area contributed by atoms with Gasteiger partial charge in [0.05, 0.1) is 19.8 Å². The highest BCUT2D eigenvalue weighted by Gasteiger charge is 2.16. The average Bonchev–Trinajstić information content (AvgIpc) is 2.74. The Morgan fingerprint density at radius 1 is 1.76 bits per heavy atom. The van der Waals surface area contributed by atoms with Crippen LogP contribution in [0.5, 0.6) is 0 Å².